The molecule has 2 aliphatic carbocycles. The van der Waals surface area contributed by atoms with Crippen LogP contribution in [-0.4, -0.2) is 11.0 Å². The van der Waals surface area contributed by atoms with Crippen molar-refractivity contribution in [1.29, 1.82) is 0 Å². The minimum absolute atomic E-state index is 0.733. The van der Waals surface area contributed by atoms with Crippen LogP contribution in [-0.2, 0) is 6.54 Å². The average molecular weight is 230 g/mol. The lowest BCUT2D eigenvalue weighted by atomic mass is 9.83. The Labute approximate surface area is 104 Å². The lowest BCUT2D eigenvalue weighted by Crippen LogP contribution is -2.34. The third-order valence-corrected chi connectivity index (χ3v) is 4.30. The smallest absolute Gasteiger partial charge is 0.0541 e. The van der Waals surface area contributed by atoms with E-state index in [0.29, 0.717) is 0 Å². The minimum Gasteiger partial charge on any atom is -0.308 e. The van der Waals surface area contributed by atoms with Crippen LogP contribution in [0.2, 0.25) is 0 Å². The highest BCUT2D eigenvalue weighted by atomic mass is 14.9. The molecule has 0 saturated heterocycles. The molecule has 0 radical (unpaired) electrons. The van der Waals surface area contributed by atoms with E-state index in [4.69, 9.17) is 0 Å². The molecule has 1 heterocycles. The van der Waals surface area contributed by atoms with Gasteiger partial charge in [0, 0.05) is 18.8 Å². The molecule has 2 heteroatoms. The van der Waals surface area contributed by atoms with Gasteiger partial charge in [-0.1, -0.05) is 18.9 Å². The Balaban J connectivity index is 1.48. The predicted octanol–water partition coefficient (Wildman–Crippen LogP) is 3.14. The van der Waals surface area contributed by atoms with Crippen molar-refractivity contribution in [2.75, 3.05) is 0 Å². The van der Waals surface area contributed by atoms with Crippen LogP contribution in [0, 0.1) is 11.8 Å². The van der Waals surface area contributed by atoms with E-state index < -0.39 is 0 Å². The third kappa shape index (κ3) is 3.06. The van der Waals surface area contributed by atoms with Gasteiger partial charge in [0.2, 0.25) is 0 Å². The molecule has 2 unspecified atom stereocenters. The number of aromatic nitrogens is 1. The van der Waals surface area contributed by atoms with Crippen molar-refractivity contribution in [2.45, 2.75) is 51.1 Å². The SMILES string of the molecule is c1ccc(CNC2CCCC(C3CC3)C2)nc1. The summed E-state index contributed by atoms with van der Waals surface area (Å²) in [5, 5.41) is 3.69. The predicted molar refractivity (Wildman–Crippen MR) is 69.5 cm³/mol. The van der Waals surface area contributed by atoms with Crippen LogP contribution in [0.15, 0.2) is 24.4 Å². The van der Waals surface area contributed by atoms with E-state index >= 15 is 0 Å². The van der Waals surface area contributed by atoms with E-state index in [1.54, 1.807) is 0 Å². The third-order valence-electron chi connectivity index (χ3n) is 4.30. The summed E-state index contributed by atoms with van der Waals surface area (Å²) < 4.78 is 0. The largest absolute Gasteiger partial charge is 0.308 e. The summed E-state index contributed by atoms with van der Waals surface area (Å²) >= 11 is 0. The minimum atomic E-state index is 0.733. The monoisotopic (exact) mass is 230 g/mol. The fourth-order valence-corrected chi connectivity index (χ4v) is 3.16. The number of rotatable bonds is 4. The molecule has 0 aromatic carbocycles. The molecular formula is C15H22N2. The van der Waals surface area contributed by atoms with Crippen LogP contribution in [0.1, 0.15) is 44.2 Å². The lowest BCUT2D eigenvalue weighted by Gasteiger charge is -2.29. The second-order valence-electron chi connectivity index (χ2n) is 5.66. The zero-order chi connectivity index (χ0) is 11.5. The van der Waals surface area contributed by atoms with Crippen molar-refractivity contribution in [3.05, 3.63) is 30.1 Å². The van der Waals surface area contributed by atoms with Crippen LogP contribution in [0.3, 0.4) is 0 Å². The molecule has 0 amide bonds. The summed E-state index contributed by atoms with van der Waals surface area (Å²) in [5.74, 6) is 2.10. The number of nitrogens with zero attached hydrogens (tertiary/aromatic N) is 1. The van der Waals surface area contributed by atoms with E-state index in [1.807, 2.05) is 12.3 Å². The van der Waals surface area contributed by atoms with E-state index in [0.717, 1.165) is 24.4 Å². The van der Waals surface area contributed by atoms with Crippen LogP contribution in [0.25, 0.3) is 0 Å². The molecule has 3 rings (SSSR count). The first-order valence-corrected chi connectivity index (χ1v) is 7.05. The Morgan fingerprint density at radius 1 is 1.12 bits per heavy atom. The maximum atomic E-state index is 4.37. The topological polar surface area (TPSA) is 24.9 Å². The average Bonchev–Trinajstić information content (AvgIpc) is 3.22. The van der Waals surface area contributed by atoms with Gasteiger partial charge in [-0.2, -0.15) is 0 Å². The van der Waals surface area contributed by atoms with Crippen LogP contribution in [0.5, 0.6) is 0 Å². The van der Waals surface area contributed by atoms with Gasteiger partial charge in [0.25, 0.3) is 0 Å². The van der Waals surface area contributed by atoms with Crippen molar-refractivity contribution in [1.82, 2.24) is 10.3 Å². The van der Waals surface area contributed by atoms with Gasteiger partial charge in [0.1, 0.15) is 0 Å². The summed E-state index contributed by atoms with van der Waals surface area (Å²) in [7, 11) is 0. The molecule has 1 N–H and O–H groups in total. The zero-order valence-corrected chi connectivity index (χ0v) is 10.4. The van der Waals surface area contributed by atoms with Crippen LogP contribution in [0.4, 0.5) is 0 Å². The van der Waals surface area contributed by atoms with E-state index in [2.05, 4.69) is 22.4 Å². The summed E-state index contributed by atoms with van der Waals surface area (Å²) in [6, 6.07) is 6.88. The highest BCUT2D eigenvalue weighted by Crippen LogP contribution is 2.43. The van der Waals surface area contributed by atoms with Gasteiger partial charge in [-0.25, -0.2) is 0 Å². The van der Waals surface area contributed by atoms with Crippen molar-refractivity contribution >= 4 is 0 Å². The fourth-order valence-electron chi connectivity index (χ4n) is 3.16. The molecule has 2 aliphatic rings. The molecule has 17 heavy (non-hydrogen) atoms. The van der Waals surface area contributed by atoms with Crippen molar-refractivity contribution in [3.8, 4) is 0 Å². The first-order valence-electron chi connectivity index (χ1n) is 7.05. The normalized spacial score (nSPS) is 29.2. The Morgan fingerprint density at radius 2 is 2.06 bits per heavy atom. The van der Waals surface area contributed by atoms with Crippen molar-refractivity contribution < 1.29 is 0 Å². The molecule has 2 nitrogen and oxygen atoms in total. The molecule has 2 fully saturated rings. The van der Waals surface area contributed by atoms with E-state index in [-0.39, 0.29) is 0 Å². The lowest BCUT2D eigenvalue weighted by molar-refractivity contribution is 0.259. The second-order valence-corrected chi connectivity index (χ2v) is 5.66. The fraction of sp³-hybridized carbons (Fsp3) is 0.667. The molecule has 2 atom stereocenters. The number of pyridine rings is 1. The van der Waals surface area contributed by atoms with Crippen molar-refractivity contribution in [3.63, 3.8) is 0 Å². The maximum Gasteiger partial charge on any atom is 0.0541 e. The molecule has 1 aromatic rings. The summed E-state index contributed by atoms with van der Waals surface area (Å²) in [5.41, 5.74) is 1.17. The molecule has 1 aromatic heterocycles. The molecule has 2 saturated carbocycles. The first-order chi connectivity index (χ1) is 8.42. The van der Waals surface area contributed by atoms with Gasteiger partial charge >= 0.3 is 0 Å². The number of hydrogen-bond donors (Lipinski definition) is 1. The molecule has 92 valence electrons. The van der Waals surface area contributed by atoms with Gasteiger partial charge < -0.3 is 5.32 Å². The van der Waals surface area contributed by atoms with Gasteiger partial charge in [0.05, 0.1) is 5.69 Å². The Kier molecular flexibility index (Phi) is 3.41. The molecular weight excluding hydrogens is 208 g/mol. The quantitative estimate of drug-likeness (QED) is 0.859. The zero-order valence-electron chi connectivity index (χ0n) is 10.4. The Bertz CT molecular complexity index is 345. The number of hydrogen-bond acceptors (Lipinski definition) is 2. The number of nitrogens with one attached hydrogen (secondary N) is 1. The van der Waals surface area contributed by atoms with E-state index in [9.17, 15) is 0 Å². The van der Waals surface area contributed by atoms with Gasteiger partial charge in [0.15, 0.2) is 0 Å². The molecule has 0 spiro atoms. The van der Waals surface area contributed by atoms with Gasteiger partial charge in [-0.15, -0.1) is 0 Å². The standard InChI is InChI=1S/C15H22N2/c1-2-9-16-15(5-1)11-17-14-6-3-4-13(10-14)12-7-8-12/h1-2,5,9,12-14,17H,3-4,6-8,10-11H2. The van der Waals surface area contributed by atoms with Gasteiger partial charge in [-0.05, 0) is 49.7 Å². The first kappa shape index (κ1) is 11.2. The van der Waals surface area contributed by atoms with E-state index in [1.165, 1.54) is 44.2 Å². The maximum absolute atomic E-state index is 4.37. The molecule has 0 bridgehead atoms. The summed E-state index contributed by atoms with van der Waals surface area (Å²) in [6.45, 7) is 0.933. The summed E-state index contributed by atoms with van der Waals surface area (Å²) in [4.78, 5) is 4.37. The van der Waals surface area contributed by atoms with Crippen LogP contribution >= 0.6 is 0 Å². The highest BCUT2D eigenvalue weighted by molar-refractivity contribution is 5.03. The Morgan fingerprint density at radius 3 is 2.82 bits per heavy atom. The Hall–Kier alpha value is -0.890. The van der Waals surface area contributed by atoms with Gasteiger partial charge in [-0.3, -0.25) is 4.98 Å². The van der Waals surface area contributed by atoms with Crippen molar-refractivity contribution in [2.24, 2.45) is 11.8 Å². The highest BCUT2D eigenvalue weighted by Gasteiger charge is 2.34. The second kappa shape index (κ2) is 5.18. The molecule has 0 aliphatic heterocycles. The van der Waals surface area contributed by atoms with Crippen LogP contribution < -0.4 is 5.32 Å². The summed E-state index contributed by atoms with van der Waals surface area (Å²) in [6.07, 6.45) is 10.5.